The third kappa shape index (κ3) is 3.35. The second kappa shape index (κ2) is 6.28. The predicted octanol–water partition coefficient (Wildman–Crippen LogP) is 2.87. The Bertz CT molecular complexity index is 523. The second-order valence-corrected chi connectivity index (χ2v) is 6.72. The van der Waals surface area contributed by atoms with Crippen molar-refractivity contribution in [2.75, 3.05) is 25.9 Å². The van der Waals surface area contributed by atoms with Crippen molar-refractivity contribution < 1.29 is 9.53 Å². The van der Waals surface area contributed by atoms with Crippen LogP contribution in [0, 0.1) is 0 Å². The van der Waals surface area contributed by atoms with Crippen molar-refractivity contribution in [2.45, 2.75) is 36.3 Å². The van der Waals surface area contributed by atoms with Crippen molar-refractivity contribution in [2.24, 2.45) is 0 Å². The van der Waals surface area contributed by atoms with Crippen LogP contribution in [0.1, 0.15) is 24.8 Å². The molecule has 21 heavy (non-hydrogen) atoms. The number of hydrogen-bond donors (Lipinski definition) is 1. The second-order valence-electron chi connectivity index (χ2n) is 5.87. The van der Waals surface area contributed by atoms with E-state index in [0.29, 0.717) is 6.54 Å². The van der Waals surface area contributed by atoms with Crippen LogP contribution >= 0.6 is 11.8 Å². The molecule has 1 aromatic rings. The van der Waals surface area contributed by atoms with Crippen molar-refractivity contribution >= 4 is 17.9 Å². The maximum absolute atomic E-state index is 11.3. The number of amides is 1. The number of carbonyl (C=O) groups is 1. The zero-order valence-electron chi connectivity index (χ0n) is 12.4. The average Bonchev–Trinajstić information content (AvgIpc) is 2.74. The van der Waals surface area contributed by atoms with Gasteiger partial charge in [-0.1, -0.05) is 18.2 Å². The third-order valence-corrected chi connectivity index (χ3v) is 5.28. The molecule has 0 aromatic heterocycles. The molecule has 1 unspecified atom stereocenters. The molecule has 1 spiro atoms. The Kier molecular flexibility index (Phi) is 4.40. The molecule has 0 aliphatic carbocycles. The first-order valence-corrected chi connectivity index (χ1v) is 8.74. The molecule has 2 aliphatic rings. The van der Waals surface area contributed by atoms with Crippen LogP contribution in [0.3, 0.4) is 0 Å². The quantitative estimate of drug-likeness (QED) is 0.872. The number of ether oxygens (including phenoxy) is 1. The first-order valence-electron chi connectivity index (χ1n) is 7.52. The maximum Gasteiger partial charge on any atom is 0.407 e. The summed E-state index contributed by atoms with van der Waals surface area (Å²) >= 11 is 1.80. The van der Waals surface area contributed by atoms with Crippen molar-refractivity contribution in [3.05, 3.63) is 29.8 Å². The lowest BCUT2D eigenvalue weighted by Crippen LogP contribution is -2.34. The van der Waals surface area contributed by atoms with E-state index >= 15 is 0 Å². The summed E-state index contributed by atoms with van der Waals surface area (Å²) in [4.78, 5) is 15.2. The van der Waals surface area contributed by atoms with Crippen LogP contribution in [-0.4, -0.2) is 42.5 Å². The van der Waals surface area contributed by atoms with Crippen LogP contribution in [0.4, 0.5) is 4.79 Å². The molecule has 1 amide bonds. The van der Waals surface area contributed by atoms with E-state index in [1.54, 1.807) is 11.8 Å². The Morgan fingerprint density at radius 3 is 2.95 bits per heavy atom. The van der Waals surface area contributed by atoms with E-state index in [9.17, 15) is 4.79 Å². The predicted molar refractivity (Wildman–Crippen MR) is 84.6 cm³/mol. The van der Waals surface area contributed by atoms with Crippen molar-refractivity contribution in [1.82, 2.24) is 10.2 Å². The Balaban J connectivity index is 1.64. The van der Waals surface area contributed by atoms with Gasteiger partial charge in [0.05, 0.1) is 6.54 Å². The topological polar surface area (TPSA) is 41.6 Å². The van der Waals surface area contributed by atoms with Gasteiger partial charge in [0.25, 0.3) is 0 Å². The van der Waals surface area contributed by atoms with Crippen molar-refractivity contribution in [3.63, 3.8) is 0 Å². The van der Waals surface area contributed by atoms with Crippen LogP contribution < -0.4 is 5.32 Å². The summed E-state index contributed by atoms with van der Waals surface area (Å²) in [6, 6.07) is 8.60. The summed E-state index contributed by atoms with van der Waals surface area (Å²) in [5.74, 6) is 0. The number of hydrogen-bond acceptors (Lipinski definition) is 4. The number of alkyl carbamates (subject to hydrolysis) is 1. The van der Waals surface area contributed by atoms with E-state index < -0.39 is 0 Å². The average molecular weight is 306 g/mol. The monoisotopic (exact) mass is 306 g/mol. The Morgan fingerprint density at radius 1 is 1.33 bits per heavy atom. The van der Waals surface area contributed by atoms with Gasteiger partial charge in [-0.15, -0.1) is 11.8 Å². The summed E-state index contributed by atoms with van der Waals surface area (Å²) in [6.07, 6.45) is 4.84. The van der Waals surface area contributed by atoms with Gasteiger partial charge in [-0.05, 0) is 37.3 Å². The van der Waals surface area contributed by atoms with Gasteiger partial charge in [-0.2, -0.15) is 0 Å². The smallest absolute Gasteiger partial charge is 0.407 e. The molecule has 2 fully saturated rings. The fourth-order valence-electron chi connectivity index (χ4n) is 3.24. The molecule has 5 heteroatoms. The molecule has 2 heterocycles. The van der Waals surface area contributed by atoms with Gasteiger partial charge >= 0.3 is 6.09 Å². The number of likely N-dealkylation sites (tertiary alicyclic amines) is 1. The van der Waals surface area contributed by atoms with Crippen LogP contribution in [0.15, 0.2) is 29.2 Å². The standard InChI is InChI=1S/C16H22N2O2S/c1-21-14-6-3-2-5-13(14)11-18-9-4-7-16(8-10-18)12-17-15(19)20-16/h2-3,5-6H,4,7-12H2,1H3,(H,17,19). The number of nitrogens with one attached hydrogen (secondary N) is 1. The molecule has 0 radical (unpaired) electrons. The van der Waals surface area contributed by atoms with Gasteiger partial charge < -0.3 is 10.1 Å². The zero-order valence-corrected chi connectivity index (χ0v) is 13.2. The van der Waals surface area contributed by atoms with Gasteiger partial charge in [0, 0.05) is 24.4 Å². The molecule has 0 saturated carbocycles. The van der Waals surface area contributed by atoms with E-state index in [4.69, 9.17) is 4.74 Å². The Hall–Kier alpha value is -1.20. The van der Waals surface area contributed by atoms with E-state index in [-0.39, 0.29) is 11.7 Å². The number of nitrogens with zero attached hydrogens (tertiary/aromatic N) is 1. The molecule has 1 atom stereocenters. The Morgan fingerprint density at radius 2 is 2.19 bits per heavy atom. The van der Waals surface area contributed by atoms with E-state index in [2.05, 4.69) is 40.7 Å². The van der Waals surface area contributed by atoms with Crippen LogP contribution in [0.2, 0.25) is 0 Å². The van der Waals surface area contributed by atoms with Crippen molar-refractivity contribution in [1.29, 1.82) is 0 Å². The molecule has 3 rings (SSSR count). The highest BCUT2D eigenvalue weighted by molar-refractivity contribution is 7.98. The van der Waals surface area contributed by atoms with Crippen LogP contribution in [0.25, 0.3) is 0 Å². The normalized spacial score (nSPS) is 26.4. The van der Waals surface area contributed by atoms with E-state index in [1.807, 2.05) is 0 Å². The highest BCUT2D eigenvalue weighted by atomic mass is 32.2. The van der Waals surface area contributed by atoms with Gasteiger partial charge in [-0.3, -0.25) is 4.90 Å². The molecular formula is C16H22N2O2S. The number of carbonyl (C=O) groups excluding carboxylic acids is 1. The third-order valence-electron chi connectivity index (χ3n) is 4.44. The fourth-order valence-corrected chi connectivity index (χ4v) is 3.85. The highest BCUT2D eigenvalue weighted by Gasteiger charge is 2.41. The number of benzene rings is 1. The van der Waals surface area contributed by atoms with Crippen LogP contribution in [0.5, 0.6) is 0 Å². The summed E-state index contributed by atoms with van der Waals surface area (Å²) in [6.45, 7) is 3.70. The van der Waals surface area contributed by atoms with Gasteiger partial charge in [0.1, 0.15) is 5.60 Å². The molecule has 114 valence electrons. The molecule has 1 aromatic carbocycles. The zero-order chi connectivity index (χ0) is 14.7. The highest BCUT2D eigenvalue weighted by Crippen LogP contribution is 2.30. The molecule has 2 saturated heterocycles. The summed E-state index contributed by atoms with van der Waals surface area (Å²) in [5, 5.41) is 2.81. The number of rotatable bonds is 3. The molecule has 4 nitrogen and oxygen atoms in total. The lowest BCUT2D eigenvalue weighted by Gasteiger charge is -2.25. The minimum absolute atomic E-state index is 0.254. The lowest BCUT2D eigenvalue weighted by molar-refractivity contribution is 0.0443. The van der Waals surface area contributed by atoms with Gasteiger partial charge in [0.15, 0.2) is 0 Å². The summed E-state index contributed by atoms with van der Waals surface area (Å²) in [7, 11) is 0. The molecule has 2 aliphatic heterocycles. The van der Waals surface area contributed by atoms with Crippen molar-refractivity contribution in [3.8, 4) is 0 Å². The first kappa shape index (κ1) is 14.7. The molecule has 0 bridgehead atoms. The van der Waals surface area contributed by atoms with E-state index in [1.165, 1.54) is 10.5 Å². The fraction of sp³-hybridized carbons (Fsp3) is 0.562. The van der Waals surface area contributed by atoms with E-state index in [0.717, 1.165) is 38.9 Å². The van der Waals surface area contributed by atoms with Gasteiger partial charge in [-0.25, -0.2) is 4.79 Å². The Labute approximate surface area is 130 Å². The largest absolute Gasteiger partial charge is 0.441 e. The maximum atomic E-state index is 11.3. The summed E-state index contributed by atoms with van der Waals surface area (Å²) < 4.78 is 5.53. The number of thioether (sulfide) groups is 1. The van der Waals surface area contributed by atoms with Crippen LogP contribution in [-0.2, 0) is 11.3 Å². The molecule has 1 N–H and O–H groups in total. The SMILES string of the molecule is CSc1ccccc1CN1CCCC2(CC1)CNC(=O)O2. The minimum atomic E-state index is -0.259. The molecular weight excluding hydrogens is 284 g/mol. The lowest BCUT2D eigenvalue weighted by atomic mass is 9.95. The first-order chi connectivity index (χ1) is 10.2. The van der Waals surface area contributed by atoms with Gasteiger partial charge in [0.2, 0.25) is 0 Å². The minimum Gasteiger partial charge on any atom is -0.441 e. The summed E-state index contributed by atoms with van der Waals surface area (Å²) in [5.41, 5.74) is 1.13.